The van der Waals surface area contributed by atoms with Gasteiger partial charge < -0.3 is 11.1 Å². The van der Waals surface area contributed by atoms with E-state index < -0.39 is 11.9 Å². The number of carbonyl (C=O) groups is 2. The number of amides is 2. The highest BCUT2D eigenvalue weighted by Gasteiger charge is 2.26. The molecule has 0 aromatic heterocycles. The lowest BCUT2D eigenvalue weighted by Crippen LogP contribution is -2.50. The molecule has 14 heavy (non-hydrogen) atoms. The molecule has 1 saturated carbocycles. The van der Waals surface area contributed by atoms with Crippen LogP contribution < -0.4 is 16.4 Å². The van der Waals surface area contributed by atoms with Crippen molar-refractivity contribution < 1.29 is 9.59 Å². The average Bonchev–Trinajstić information content (AvgIpc) is 2.87. The zero-order valence-electron chi connectivity index (χ0n) is 8.54. The van der Waals surface area contributed by atoms with E-state index in [0.717, 1.165) is 12.8 Å². The molecule has 0 saturated heterocycles. The molecule has 2 atom stereocenters. The first-order chi connectivity index (χ1) is 6.50. The predicted molar refractivity (Wildman–Crippen MR) is 52.4 cm³/mol. The summed E-state index contributed by atoms with van der Waals surface area (Å²) in [6.07, 6.45) is 2.12. The van der Waals surface area contributed by atoms with Crippen molar-refractivity contribution in [3.05, 3.63) is 0 Å². The average molecular weight is 199 g/mol. The van der Waals surface area contributed by atoms with Gasteiger partial charge in [0.2, 0.25) is 11.8 Å². The zero-order valence-corrected chi connectivity index (χ0v) is 8.54. The highest BCUT2D eigenvalue weighted by atomic mass is 16.2. The van der Waals surface area contributed by atoms with Crippen LogP contribution >= 0.6 is 0 Å². The molecule has 4 N–H and O–H groups in total. The van der Waals surface area contributed by atoms with E-state index in [9.17, 15) is 9.59 Å². The molecule has 0 aromatic rings. The molecule has 80 valence electrons. The van der Waals surface area contributed by atoms with Gasteiger partial charge in [0.05, 0.1) is 12.1 Å². The molecular weight excluding hydrogens is 182 g/mol. The number of hydrogen-bond donors (Lipinski definition) is 3. The Morgan fingerprint density at radius 2 is 1.86 bits per heavy atom. The van der Waals surface area contributed by atoms with Gasteiger partial charge in [-0.1, -0.05) is 0 Å². The number of primary amides is 1. The van der Waals surface area contributed by atoms with Crippen molar-refractivity contribution in [1.82, 2.24) is 10.6 Å². The largest absolute Gasteiger partial charge is 0.368 e. The second kappa shape index (κ2) is 4.41. The molecule has 0 heterocycles. The SMILES string of the molecule is CC(NC(C)C(=O)NC1CC1)C(N)=O. The molecule has 1 rings (SSSR count). The smallest absolute Gasteiger partial charge is 0.237 e. The van der Waals surface area contributed by atoms with Gasteiger partial charge in [0.25, 0.3) is 0 Å². The van der Waals surface area contributed by atoms with Crippen LogP contribution in [0.1, 0.15) is 26.7 Å². The molecule has 2 unspecified atom stereocenters. The topological polar surface area (TPSA) is 84.2 Å². The summed E-state index contributed by atoms with van der Waals surface area (Å²) in [6.45, 7) is 3.36. The summed E-state index contributed by atoms with van der Waals surface area (Å²) >= 11 is 0. The van der Waals surface area contributed by atoms with Crippen molar-refractivity contribution in [2.75, 3.05) is 0 Å². The fourth-order valence-corrected chi connectivity index (χ4v) is 1.09. The minimum atomic E-state index is -0.477. The molecule has 2 amide bonds. The van der Waals surface area contributed by atoms with Crippen LogP contribution in [0.15, 0.2) is 0 Å². The van der Waals surface area contributed by atoms with E-state index in [0.29, 0.717) is 6.04 Å². The second-order valence-corrected chi connectivity index (χ2v) is 3.80. The summed E-state index contributed by atoms with van der Waals surface area (Å²) in [6, 6.07) is -0.510. The van der Waals surface area contributed by atoms with Crippen LogP contribution in [-0.2, 0) is 9.59 Å². The highest BCUT2D eigenvalue weighted by molar-refractivity contribution is 5.84. The fraction of sp³-hybridized carbons (Fsp3) is 0.778. The molecule has 1 aliphatic rings. The molecule has 0 aromatic carbocycles. The third-order valence-corrected chi connectivity index (χ3v) is 2.24. The van der Waals surface area contributed by atoms with Crippen LogP contribution in [0.25, 0.3) is 0 Å². The maximum absolute atomic E-state index is 11.4. The summed E-state index contributed by atoms with van der Waals surface area (Å²) < 4.78 is 0. The molecule has 0 bridgehead atoms. The maximum atomic E-state index is 11.4. The van der Waals surface area contributed by atoms with Gasteiger partial charge in [-0.3, -0.25) is 14.9 Å². The number of nitrogens with one attached hydrogen (secondary N) is 2. The molecule has 0 aliphatic heterocycles. The van der Waals surface area contributed by atoms with E-state index in [1.807, 2.05) is 0 Å². The Morgan fingerprint density at radius 3 is 2.29 bits per heavy atom. The number of carbonyl (C=O) groups excluding carboxylic acids is 2. The first-order valence-electron chi connectivity index (χ1n) is 4.86. The highest BCUT2D eigenvalue weighted by Crippen LogP contribution is 2.18. The summed E-state index contributed by atoms with van der Waals surface area (Å²) in [4.78, 5) is 22.1. The lowest BCUT2D eigenvalue weighted by Gasteiger charge is -2.16. The molecule has 0 radical (unpaired) electrons. The maximum Gasteiger partial charge on any atom is 0.237 e. The standard InChI is InChI=1S/C9H17N3O2/c1-5(8(10)13)11-6(2)9(14)12-7-3-4-7/h5-7,11H,3-4H2,1-2H3,(H2,10,13)(H,12,14). The van der Waals surface area contributed by atoms with Gasteiger partial charge >= 0.3 is 0 Å². The molecule has 0 spiro atoms. The number of nitrogens with two attached hydrogens (primary N) is 1. The van der Waals surface area contributed by atoms with Crippen LogP contribution in [0.2, 0.25) is 0 Å². The van der Waals surface area contributed by atoms with Gasteiger partial charge in [0.1, 0.15) is 0 Å². The van der Waals surface area contributed by atoms with Crippen LogP contribution in [0.3, 0.4) is 0 Å². The zero-order chi connectivity index (χ0) is 10.7. The Bertz CT molecular complexity index is 238. The van der Waals surface area contributed by atoms with Gasteiger partial charge in [-0.15, -0.1) is 0 Å². The van der Waals surface area contributed by atoms with E-state index in [4.69, 9.17) is 5.73 Å². The summed E-state index contributed by atoms with van der Waals surface area (Å²) in [7, 11) is 0. The Hall–Kier alpha value is -1.10. The van der Waals surface area contributed by atoms with E-state index in [1.54, 1.807) is 13.8 Å². The Labute approximate surface area is 83.4 Å². The van der Waals surface area contributed by atoms with Crippen molar-refractivity contribution in [1.29, 1.82) is 0 Å². The Kier molecular flexibility index (Phi) is 3.46. The van der Waals surface area contributed by atoms with Crippen molar-refractivity contribution in [3.8, 4) is 0 Å². The minimum Gasteiger partial charge on any atom is -0.368 e. The number of hydrogen-bond acceptors (Lipinski definition) is 3. The van der Waals surface area contributed by atoms with Crippen molar-refractivity contribution in [2.24, 2.45) is 5.73 Å². The van der Waals surface area contributed by atoms with Crippen LogP contribution in [0.4, 0.5) is 0 Å². The Morgan fingerprint density at radius 1 is 1.29 bits per heavy atom. The van der Waals surface area contributed by atoms with Gasteiger partial charge in [-0.2, -0.15) is 0 Å². The first-order valence-corrected chi connectivity index (χ1v) is 4.86. The molecule has 1 fully saturated rings. The fourth-order valence-electron chi connectivity index (χ4n) is 1.09. The lowest BCUT2D eigenvalue weighted by atomic mass is 10.2. The Balaban J connectivity index is 2.28. The second-order valence-electron chi connectivity index (χ2n) is 3.80. The third-order valence-electron chi connectivity index (χ3n) is 2.24. The van der Waals surface area contributed by atoms with Crippen molar-refractivity contribution in [3.63, 3.8) is 0 Å². The van der Waals surface area contributed by atoms with Crippen molar-refractivity contribution >= 4 is 11.8 Å². The van der Waals surface area contributed by atoms with Crippen LogP contribution in [-0.4, -0.2) is 29.9 Å². The minimum absolute atomic E-state index is 0.0689. The van der Waals surface area contributed by atoms with Gasteiger partial charge in [0.15, 0.2) is 0 Å². The van der Waals surface area contributed by atoms with Gasteiger partial charge in [-0.25, -0.2) is 0 Å². The summed E-state index contributed by atoms with van der Waals surface area (Å²) in [5.74, 6) is -0.517. The van der Waals surface area contributed by atoms with Crippen molar-refractivity contribution in [2.45, 2.75) is 44.8 Å². The van der Waals surface area contributed by atoms with Crippen LogP contribution in [0, 0.1) is 0 Å². The summed E-state index contributed by atoms with van der Waals surface area (Å²) in [5.41, 5.74) is 5.06. The normalized spacial score (nSPS) is 19.9. The monoisotopic (exact) mass is 199 g/mol. The van der Waals surface area contributed by atoms with Gasteiger partial charge in [-0.05, 0) is 26.7 Å². The van der Waals surface area contributed by atoms with E-state index >= 15 is 0 Å². The number of rotatable bonds is 5. The molecule has 5 nitrogen and oxygen atoms in total. The van der Waals surface area contributed by atoms with E-state index in [1.165, 1.54) is 0 Å². The first kappa shape index (κ1) is 11.0. The lowest BCUT2D eigenvalue weighted by molar-refractivity contribution is -0.124. The van der Waals surface area contributed by atoms with E-state index in [-0.39, 0.29) is 11.9 Å². The summed E-state index contributed by atoms with van der Waals surface area (Å²) in [5, 5.41) is 5.67. The van der Waals surface area contributed by atoms with Crippen LogP contribution in [0.5, 0.6) is 0 Å². The molecular formula is C9H17N3O2. The molecule has 1 aliphatic carbocycles. The predicted octanol–water partition coefficient (Wildman–Crippen LogP) is -0.883. The molecule has 5 heteroatoms. The van der Waals surface area contributed by atoms with E-state index in [2.05, 4.69) is 10.6 Å². The third kappa shape index (κ3) is 3.33. The quantitative estimate of drug-likeness (QED) is 0.537. The van der Waals surface area contributed by atoms with Gasteiger partial charge in [0, 0.05) is 6.04 Å².